The van der Waals surface area contributed by atoms with Crippen LogP contribution in [0.5, 0.6) is 0 Å². The van der Waals surface area contributed by atoms with Gasteiger partial charge in [-0.1, -0.05) is 12.8 Å². The summed E-state index contributed by atoms with van der Waals surface area (Å²) in [5, 5.41) is 7.18. The lowest BCUT2D eigenvalue weighted by Crippen LogP contribution is -1.79. The molecule has 0 radical (unpaired) electrons. The van der Waals surface area contributed by atoms with Gasteiger partial charge >= 0.3 is 0 Å². The van der Waals surface area contributed by atoms with Gasteiger partial charge in [0, 0.05) is 0 Å². The molecule has 0 aliphatic rings. The molecule has 0 aliphatic carbocycles. The maximum atomic E-state index is 7.18. The molecular formula is H5NO2S. The summed E-state index contributed by atoms with van der Waals surface area (Å²) in [5.74, 6) is 0. The second kappa shape index (κ2) is 10.6. The molecule has 0 heterocycles. The van der Waals surface area contributed by atoms with Gasteiger partial charge in [-0.15, -0.1) is 0 Å². The average molecular weight is 83.1 g/mol. The molecule has 0 aromatic carbocycles. The van der Waals surface area contributed by atoms with Gasteiger partial charge < -0.3 is 10.7 Å². The van der Waals surface area contributed by atoms with Crippen molar-refractivity contribution in [2.75, 3.05) is 0 Å². The first kappa shape index (κ1) is 8.87. The van der Waals surface area contributed by atoms with Crippen LogP contribution in [0, 0.1) is 0 Å². The van der Waals surface area contributed by atoms with Gasteiger partial charge in [0.1, 0.15) is 0 Å². The first-order chi connectivity index (χ1) is 1.41. The van der Waals surface area contributed by atoms with Gasteiger partial charge in [0.2, 0.25) is 0 Å². The highest BCUT2D eigenvalue weighted by atomic mass is 32.1. The largest absolute Gasteiger partial charge is 0.412 e. The SMILES string of the molecule is O.ONS. The molecule has 0 bridgehead atoms. The molecule has 0 saturated heterocycles. The van der Waals surface area contributed by atoms with Crippen LogP contribution in [-0.4, -0.2) is 10.7 Å². The van der Waals surface area contributed by atoms with Crippen molar-refractivity contribution in [1.29, 1.82) is 0 Å². The van der Waals surface area contributed by atoms with Crippen LogP contribution in [0.15, 0.2) is 0 Å². The number of nitrogens with one attached hydrogen (secondary N) is 1. The normalized spacial score (nSPS) is 4.50. The van der Waals surface area contributed by atoms with E-state index in [0.29, 0.717) is 0 Å². The number of hydrogen-bond donors (Lipinski definition) is 3. The molecule has 0 aromatic rings. The molecule has 0 rings (SSSR count). The Balaban J connectivity index is 0. The Morgan fingerprint density at radius 2 is 1.75 bits per heavy atom. The van der Waals surface area contributed by atoms with Crippen molar-refractivity contribution in [1.82, 2.24) is 4.89 Å². The fraction of sp³-hybridized carbons (Fsp3) is 0. The van der Waals surface area contributed by atoms with Gasteiger partial charge in [-0.3, -0.25) is 0 Å². The minimum absolute atomic E-state index is 0. The molecule has 0 unspecified atom stereocenters. The van der Waals surface area contributed by atoms with Crippen molar-refractivity contribution in [3.05, 3.63) is 0 Å². The first-order valence-corrected chi connectivity index (χ1v) is 0.894. The third-order valence-corrected chi connectivity index (χ3v) is 0. The van der Waals surface area contributed by atoms with Crippen molar-refractivity contribution in [3.63, 3.8) is 0 Å². The van der Waals surface area contributed by atoms with Gasteiger partial charge in [0.15, 0.2) is 0 Å². The van der Waals surface area contributed by atoms with Crippen molar-refractivity contribution < 1.29 is 10.7 Å². The third kappa shape index (κ3) is 63.8. The van der Waals surface area contributed by atoms with E-state index in [1.54, 1.807) is 0 Å². The highest BCUT2D eigenvalue weighted by molar-refractivity contribution is 7.77. The molecular weight excluding hydrogens is 78.1 g/mol. The molecule has 28 valence electrons. The van der Waals surface area contributed by atoms with E-state index in [2.05, 4.69) is 12.8 Å². The minimum Gasteiger partial charge on any atom is -0.412 e. The van der Waals surface area contributed by atoms with Crippen LogP contribution >= 0.6 is 12.8 Å². The second-order valence-corrected chi connectivity index (χ2v) is 0.300. The summed E-state index contributed by atoms with van der Waals surface area (Å²) in [6.45, 7) is 0. The average Bonchev–Trinajstić information content (AvgIpc) is 0.918. The zero-order valence-corrected chi connectivity index (χ0v) is 2.79. The lowest BCUT2D eigenvalue weighted by Gasteiger charge is -1.59. The summed E-state index contributed by atoms with van der Waals surface area (Å²) in [5.41, 5.74) is 0. The second-order valence-electron chi connectivity index (χ2n) is 0.100. The Hall–Kier alpha value is 0.230. The Morgan fingerprint density at radius 1 is 1.75 bits per heavy atom. The third-order valence-electron chi connectivity index (χ3n) is 0. The maximum absolute atomic E-state index is 7.18. The lowest BCUT2D eigenvalue weighted by atomic mass is 13.5. The smallest absolute Gasteiger partial charge is 0.0722 e. The van der Waals surface area contributed by atoms with E-state index in [-0.39, 0.29) is 5.48 Å². The molecule has 0 spiro atoms. The van der Waals surface area contributed by atoms with E-state index in [1.807, 2.05) is 0 Å². The number of hydrogen-bond acceptors (Lipinski definition) is 3. The van der Waals surface area contributed by atoms with Crippen LogP contribution in [-0.2, 0) is 0 Å². The lowest BCUT2D eigenvalue weighted by molar-refractivity contribution is 0.261. The van der Waals surface area contributed by atoms with E-state index in [1.165, 1.54) is 4.89 Å². The fourth-order valence-corrected chi connectivity index (χ4v) is 0. The molecule has 0 fully saturated rings. The predicted molar refractivity (Wildman–Crippen MR) is 17.5 cm³/mol. The zero-order valence-electron chi connectivity index (χ0n) is 1.89. The monoisotopic (exact) mass is 83.0 g/mol. The molecule has 0 aliphatic heterocycles. The summed E-state index contributed by atoms with van der Waals surface area (Å²) in [6, 6.07) is 0. The number of thiol groups is 1. The highest BCUT2D eigenvalue weighted by Gasteiger charge is 1.25. The van der Waals surface area contributed by atoms with Gasteiger partial charge in [0.05, 0.1) is 0 Å². The molecule has 0 aromatic heterocycles. The summed E-state index contributed by atoms with van der Waals surface area (Å²) < 4.78 is 0. The summed E-state index contributed by atoms with van der Waals surface area (Å²) in [4.78, 5) is 1.44. The molecule has 4 N–H and O–H groups in total. The molecule has 0 saturated carbocycles. The first-order valence-electron chi connectivity index (χ1n) is 0.447. The van der Waals surface area contributed by atoms with Gasteiger partial charge in [-0.05, 0) is 0 Å². The minimum atomic E-state index is 0. The van der Waals surface area contributed by atoms with Crippen LogP contribution in [0.2, 0.25) is 0 Å². The van der Waals surface area contributed by atoms with Gasteiger partial charge in [0.25, 0.3) is 0 Å². The van der Waals surface area contributed by atoms with Crippen LogP contribution in [0.3, 0.4) is 0 Å². The Bertz CT molecular complexity index is 6.00. The van der Waals surface area contributed by atoms with E-state index in [9.17, 15) is 0 Å². The van der Waals surface area contributed by atoms with Crippen LogP contribution in [0.1, 0.15) is 0 Å². The summed E-state index contributed by atoms with van der Waals surface area (Å²) in [6.07, 6.45) is 0. The van der Waals surface area contributed by atoms with Crippen molar-refractivity contribution in [2.45, 2.75) is 0 Å². The van der Waals surface area contributed by atoms with E-state index < -0.39 is 0 Å². The van der Waals surface area contributed by atoms with Crippen LogP contribution < -0.4 is 4.89 Å². The van der Waals surface area contributed by atoms with Crippen molar-refractivity contribution >= 4 is 12.8 Å². The van der Waals surface area contributed by atoms with Gasteiger partial charge in [-0.25, -0.2) is 0 Å². The topological polar surface area (TPSA) is 63.8 Å². The quantitative estimate of drug-likeness (QED) is 0.259. The van der Waals surface area contributed by atoms with E-state index in [4.69, 9.17) is 5.21 Å². The maximum Gasteiger partial charge on any atom is -0.0722 e. The highest BCUT2D eigenvalue weighted by Crippen LogP contribution is 1.34. The molecule has 0 atom stereocenters. The van der Waals surface area contributed by atoms with Crippen LogP contribution in [0.4, 0.5) is 0 Å². The Kier molecular flexibility index (Phi) is 23.6. The summed E-state index contributed by atoms with van der Waals surface area (Å²) >= 11 is 3.09. The predicted octanol–water partition coefficient (Wildman–Crippen LogP) is -1.01. The standard InChI is InChI=1S/H3NOS.H2O/c2-1-3;/h1-3H;1H2. The van der Waals surface area contributed by atoms with Crippen LogP contribution in [0.25, 0.3) is 0 Å². The Morgan fingerprint density at radius 3 is 1.75 bits per heavy atom. The molecule has 4 heavy (non-hydrogen) atoms. The van der Waals surface area contributed by atoms with Gasteiger partial charge in [-0.2, -0.15) is 4.89 Å². The van der Waals surface area contributed by atoms with Crippen molar-refractivity contribution in [3.8, 4) is 0 Å². The van der Waals surface area contributed by atoms with E-state index >= 15 is 0 Å². The van der Waals surface area contributed by atoms with E-state index in [0.717, 1.165) is 0 Å². The number of rotatable bonds is 0. The summed E-state index contributed by atoms with van der Waals surface area (Å²) in [7, 11) is 0. The zero-order chi connectivity index (χ0) is 2.71. The Labute approximate surface area is 29.4 Å². The molecule has 4 heteroatoms. The fourth-order valence-electron chi connectivity index (χ4n) is 0. The molecule has 3 nitrogen and oxygen atoms in total. The molecule has 0 amide bonds. The van der Waals surface area contributed by atoms with Crippen molar-refractivity contribution in [2.24, 2.45) is 0 Å².